The molecule has 2 heterocycles. The summed E-state index contributed by atoms with van der Waals surface area (Å²) in [4.78, 5) is 16.8. The van der Waals surface area contributed by atoms with Crippen LogP contribution in [0.5, 0.6) is 0 Å². The number of imidazole rings is 1. The van der Waals surface area contributed by atoms with E-state index in [4.69, 9.17) is 16.3 Å². The van der Waals surface area contributed by atoms with Crippen molar-refractivity contribution in [1.29, 1.82) is 0 Å². The van der Waals surface area contributed by atoms with Crippen LogP contribution in [0.15, 0.2) is 21.4 Å². The highest BCUT2D eigenvalue weighted by molar-refractivity contribution is 9.10. The number of rotatable bonds is 2. The third-order valence-corrected chi connectivity index (χ3v) is 4.99. The molecule has 1 aromatic carbocycles. The number of benzene rings is 1. The first-order valence-corrected chi connectivity index (χ1v) is 7.46. The molecular formula is C13H14BrClN2O2. The van der Waals surface area contributed by atoms with Crippen molar-refractivity contribution in [1.82, 2.24) is 9.97 Å². The minimum absolute atomic E-state index is 0.130. The summed E-state index contributed by atoms with van der Waals surface area (Å²) < 4.78 is 6.49. The highest BCUT2D eigenvalue weighted by Crippen LogP contribution is 2.41. The van der Waals surface area contributed by atoms with Crippen molar-refractivity contribution in [2.24, 2.45) is 5.92 Å². The van der Waals surface area contributed by atoms with E-state index in [2.05, 4.69) is 32.8 Å². The molecule has 3 unspecified atom stereocenters. The fraction of sp³-hybridized carbons (Fsp3) is 0.462. The molecule has 1 fully saturated rings. The molecule has 4 nitrogen and oxygen atoms in total. The van der Waals surface area contributed by atoms with Crippen LogP contribution in [0.2, 0.25) is 0 Å². The molecule has 1 aliphatic heterocycles. The lowest BCUT2D eigenvalue weighted by atomic mass is 9.93. The Morgan fingerprint density at radius 1 is 1.42 bits per heavy atom. The van der Waals surface area contributed by atoms with E-state index in [1.807, 2.05) is 12.1 Å². The normalized spacial score (nSPS) is 25.0. The summed E-state index contributed by atoms with van der Waals surface area (Å²) in [5.74, 6) is 0.293. The molecule has 19 heavy (non-hydrogen) atoms. The van der Waals surface area contributed by atoms with Crippen molar-refractivity contribution in [3.05, 3.63) is 32.7 Å². The standard InChI is InChI=1S/C13H14BrClN2O2/c1-6-7(2-3-19-6)12(15)8-4-10-11(5-9(8)14)17-13(18)16-10/h4-7,12H,2-3H2,1H3,(H2,16,17,18). The fourth-order valence-electron chi connectivity index (χ4n) is 2.65. The van der Waals surface area contributed by atoms with E-state index in [1.54, 1.807) is 0 Å². The minimum Gasteiger partial charge on any atom is -0.378 e. The van der Waals surface area contributed by atoms with E-state index in [-0.39, 0.29) is 17.2 Å². The zero-order valence-electron chi connectivity index (χ0n) is 10.4. The molecule has 0 spiro atoms. The average molecular weight is 346 g/mol. The second-order valence-corrected chi connectivity index (χ2v) is 6.25. The number of fused-ring (bicyclic) bond motifs is 1. The Hall–Kier alpha value is -0.780. The van der Waals surface area contributed by atoms with E-state index in [0.29, 0.717) is 5.92 Å². The molecule has 1 saturated heterocycles. The molecule has 1 aliphatic rings. The van der Waals surface area contributed by atoms with Gasteiger partial charge in [-0.25, -0.2) is 4.79 Å². The first kappa shape index (κ1) is 13.2. The summed E-state index contributed by atoms with van der Waals surface area (Å²) in [7, 11) is 0. The van der Waals surface area contributed by atoms with Crippen molar-refractivity contribution in [3.63, 3.8) is 0 Å². The van der Waals surface area contributed by atoms with Gasteiger partial charge in [0.05, 0.1) is 22.5 Å². The third kappa shape index (κ3) is 2.35. The van der Waals surface area contributed by atoms with E-state index in [0.717, 1.165) is 34.1 Å². The first-order valence-electron chi connectivity index (χ1n) is 6.23. The Morgan fingerprint density at radius 3 is 2.74 bits per heavy atom. The zero-order valence-corrected chi connectivity index (χ0v) is 12.7. The second kappa shape index (κ2) is 4.96. The molecule has 2 aromatic rings. The maximum absolute atomic E-state index is 11.3. The van der Waals surface area contributed by atoms with Gasteiger partial charge in [0.1, 0.15) is 0 Å². The minimum atomic E-state index is -0.206. The summed E-state index contributed by atoms with van der Waals surface area (Å²) in [5.41, 5.74) is 2.34. The predicted octanol–water partition coefficient (Wildman–Crippen LogP) is 3.32. The lowest BCUT2D eigenvalue weighted by Crippen LogP contribution is -2.16. The van der Waals surface area contributed by atoms with Gasteiger partial charge < -0.3 is 14.7 Å². The largest absolute Gasteiger partial charge is 0.378 e. The molecule has 6 heteroatoms. The van der Waals surface area contributed by atoms with Gasteiger partial charge in [-0.1, -0.05) is 15.9 Å². The molecular weight excluding hydrogens is 332 g/mol. The highest BCUT2D eigenvalue weighted by Gasteiger charge is 2.32. The molecule has 1 aromatic heterocycles. The van der Waals surface area contributed by atoms with Crippen LogP contribution in [0, 0.1) is 5.92 Å². The SMILES string of the molecule is CC1OCCC1C(Cl)c1cc2[nH]c(=O)[nH]c2cc1Br. The van der Waals surface area contributed by atoms with Gasteiger partial charge in [0.2, 0.25) is 0 Å². The van der Waals surface area contributed by atoms with Crippen molar-refractivity contribution in [2.45, 2.75) is 24.8 Å². The maximum atomic E-state index is 11.3. The Labute approximate surface area is 123 Å². The summed E-state index contributed by atoms with van der Waals surface area (Å²) in [6, 6.07) is 3.82. The van der Waals surface area contributed by atoms with E-state index in [9.17, 15) is 4.79 Å². The summed E-state index contributed by atoms with van der Waals surface area (Å²) >= 11 is 10.1. The average Bonchev–Trinajstić information content (AvgIpc) is 2.92. The lowest BCUT2D eigenvalue weighted by Gasteiger charge is -2.21. The zero-order chi connectivity index (χ0) is 13.6. The molecule has 0 saturated carbocycles. The van der Waals surface area contributed by atoms with Crippen molar-refractivity contribution in [3.8, 4) is 0 Å². The number of hydrogen-bond donors (Lipinski definition) is 2. The molecule has 3 rings (SSSR count). The van der Waals surface area contributed by atoms with Crippen LogP contribution in [-0.4, -0.2) is 22.7 Å². The fourth-order valence-corrected chi connectivity index (χ4v) is 3.88. The molecule has 3 atom stereocenters. The quantitative estimate of drug-likeness (QED) is 0.820. The number of ether oxygens (including phenoxy) is 1. The molecule has 2 N–H and O–H groups in total. The number of alkyl halides is 1. The molecule has 0 bridgehead atoms. The second-order valence-electron chi connectivity index (χ2n) is 4.93. The van der Waals surface area contributed by atoms with E-state index < -0.39 is 0 Å². The van der Waals surface area contributed by atoms with Crippen LogP contribution < -0.4 is 5.69 Å². The number of aromatic amines is 2. The van der Waals surface area contributed by atoms with Gasteiger partial charge in [-0.3, -0.25) is 0 Å². The van der Waals surface area contributed by atoms with Gasteiger partial charge in [0.15, 0.2) is 0 Å². The third-order valence-electron chi connectivity index (χ3n) is 3.74. The van der Waals surface area contributed by atoms with Crippen molar-refractivity contribution < 1.29 is 4.74 Å². The van der Waals surface area contributed by atoms with Gasteiger partial charge in [-0.05, 0) is 31.0 Å². The van der Waals surface area contributed by atoms with Crippen LogP contribution in [-0.2, 0) is 4.74 Å². The van der Waals surface area contributed by atoms with Crippen LogP contribution in [0.1, 0.15) is 24.3 Å². The molecule has 0 aliphatic carbocycles. The topological polar surface area (TPSA) is 57.9 Å². The van der Waals surface area contributed by atoms with Gasteiger partial charge in [-0.15, -0.1) is 11.6 Å². The lowest BCUT2D eigenvalue weighted by molar-refractivity contribution is 0.105. The summed E-state index contributed by atoms with van der Waals surface area (Å²) in [5, 5.41) is -0.130. The van der Waals surface area contributed by atoms with Crippen LogP contribution >= 0.6 is 27.5 Å². The summed E-state index contributed by atoms with van der Waals surface area (Å²) in [6.07, 6.45) is 1.12. The van der Waals surface area contributed by atoms with E-state index >= 15 is 0 Å². The first-order chi connectivity index (χ1) is 9.06. The van der Waals surface area contributed by atoms with Crippen LogP contribution in [0.25, 0.3) is 11.0 Å². The summed E-state index contributed by atoms with van der Waals surface area (Å²) in [6.45, 7) is 2.81. The number of nitrogens with one attached hydrogen (secondary N) is 2. The molecule has 102 valence electrons. The van der Waals surface area contributed by atoms with Gasteiger partial charge >= 0.3 is 5.69 Å². The highest BCUT2D eigenvalue weighted by atomic mass is 79.9. The van der Waals surface area contributed by atoms with Gasteiger partial charge in [0, 0.05) is 17.0 Å². The Morgan fingerprint density at radius 2 is 2.11 bits per heavy atom. The Bertz CT molecular complexity index is 666. The smallest absolute Gasteiger partial charge is 0.323 e. The number of aromatic nitrogens is 2. The van der Waals surface area contributed by atoms with Crippen molar-refractivity contribution >= 4 is 38.6 Å². The number of hydrogen-bond acceptors (Lipinski definition) is 2. The number of halogens is 2. The van der Waals surface area contributed by atoms with Crippen molar-refractivity contribution in [2.75, 3.05) is 6.61 Å². The van der Waals surface area contributed by atoms with Crippen LogP contribution in [0.4, 0.5) is 0 Å². The van der Waals surface area contributed by atoms with Gasteiger partial charge in [-0.2, -0.15) is 0 Å². The maximum Gasteiger partial charge on any atom is 0.323 e. The van der Waals surface area contributed by atoms with Crippen LogP contribution in [0.3, 0.4) is 0 Å². The monoisotopic (exact) mass is 344 g/mol. The Balaban J connectivity index is 2.03. The molecule has 0 radical (unpaired) electrons. The predicted molar refractivity (Wildman–Crippen MR) is 78.7 cm³/mol. The van der Waals surface area contributed by atoms with Gasteiger partial charge in [0.25, 0.3) is 0 Å². The van der Waals surface area contributed by atoms with E-state index in [1.165, 1.54) is 0 Å². The number of H-pyrrole nitrogens is 2. The molecule has 0 amide bonds. The Kier molecular flexibility index (Phi) is 3.45.